The van der Waals surface area contributed by atoms with Crippen molar-refractivity contribution in [2.24, 2.45) is 0 Å². The van der Waals surface area contributed by atoms with Crippen LogP contribution in [-0.2, 0) is 17.8 Å². The van der Waals surface area contributed by atoms with Gasteiger partial charge in [-0.1, -0.05) is 23.2 Å². The van der Waals surface area contributed by atoms with Gasteiger partial charge in [0.2, 0.25) is 0 Å². The van der Waals surface area contributed by atoms with Crippen LogP contribution in [0.2, 0.25) is 10.0 Å². The molecule has 1 aromatic carbocycles. The third-order valence-electron chi connectivity index (χ3n) is 2.89. The number of aryl methyl sites for hydroxylation is 1. The second-order valence-electron chi connectivity index (χ2n) is 4.40. The van der Waals surface area contributed by atoms with Crippen molar-refractivity contribution in [3.63, 3.8) is 0 Å². The highest BCUT2D eigenvalue weighted by Crippen LogP contribution is 2.29. The molecule has 0 saturated carbocycles. The maximum absolute atomic E-state index is 12.8. The van der Waals surface area contributed by atoms with E-state index < -0.39 is 23.5 Å². The second kappa shape index (κ2) is 6.95. The quantitative estimate of drug-likeness (QED) is 0.799. The van der Waals surface area contributed by atoms with E-state index in [0.717, 1.165) is 4.68 Å². The molecule has 0 bridgehead atoms. The first-order valence-electron chi connectivity index (χ1n) is 5.98. The molecular weight excluding hydrogens is 377 g/mol. The Balaban J connectivity index is 2.43. The standard InChI is InChI=1S/C11H10Cl2F2N4O3S/c1-5-16-18(11(20)19(5)10(14)15)4-6-2-9(17-23(21)22)8(13)3-7(6)12/h2-3,10,17H,4H2,1H3,(H,21,22)/p-1. The minimum atomic E-state index is -3.02. The lowest BCUT2D eigenvalue weighted by atomic mass is 10.2. The van der Waals surface area contributed by atoms with Crippen molar-refractivity contribution in [3.05, 3.63) is 44.1 Å². The average molecular weight is 386 g/mol. The fourth-order valence-corrected chi connectivity index (χ4v) is 2.80. The molecule has 2 rings (SSSR count). The van der Waals surface area contributed by atoms with Gasteiger partial charge in [-0.05, 0) is 24.6 Å². The number of rotatable bonds is 5. The van der Waals surface area contributed by atoms with Gasteiger partial charge in [0, 0.05) is 16.3 Å². The Labute approximate surface area is 141 Å². The normalized spacial score (nSPS) is 12.7. The number of aromatic nitrogens is 3. The van der Waals surface area contributed by atoms with Gasteiger partial charge in [0.1, 0.15) is 5.82 Å². The fourth-order valence-electron chi connectivity index (χ4n) is 1.90. The van der Waals surface area contributed by atoms with Crippen LogP contribution in [0, 0.1) is 6.92 Å². The monoisotopic (exact) mass is 385 g/mol. The van der Waals surface area contributed by atoms with Crippen LogP contribution < -0.4 is 10.4 Å². The first-order valence-corrected chi connectivity index (χ1v) is 7.81. The maximum Gasteiger partial charge on any atom is 0.350 e. The van der Waals surface area contributed by atoms with Gasteiger partial charge in [-0.25, -0.2) is 14.0 Å². The summed E-state index contributed by atoms with van der Waals surface area (Å²) >= 11 is 9.21. The Morgan fingerprint density at radius 1 is 1.39 bits per heavy atom. The zero-order valence-electron chi connectivity index (χ0n) is 11.4. The third kappa shape index (κ3) is 3.89. The summed E-state index contributed by atoms with van der Waals surface area (Å²) in [6.45, 7) is -1.98. The second-order valence-corrected chi connectivity index (χ2v) is 5.88. The summed E-state index contributed by atoms with van der Waals surface area (Å²) in [5.41, 5.74) is -0.687. The first-order chi connectivity index (χ1) is 10.7. The van der Waals surface area contributed by atoms with E-state index in [1.54, 1.807) is 0 Å². The number of alkyl halides is 2. The number of benzene rings is 1. The molecule has 12 heteroatoms. The van der Waals surface area contributed by atoms with E-state index in [9.17, 15) is 22.3 Å². The van der Waals surface area contributed by atoms with Gasteiger partial charge >= 0.3 is 12.2 Å². The largest absolute Gasteiger partial charge is 0.755 e. The van der Waals surface area contributed by atoms with Crippen molar-refractivity contribution in [2.45, 2.75) is 20.0 Å². The number of hydrogen-bond acceptors (Lipinski definition) is 4. The number of hydrogen-bond donors (Lipinski definition) is 1. The van der Waals surface area contributed by atoms with Crippen LogP contribution in [0.25, 0.3) is 0 Å². The van der Waals surface area contributed by atoms with Crippen molar-refractivity contribution < 1.29 is 17.5 Å². The van der Waals surface area contributed by atoms with Gasteiger partial charge < -0.3 is 9.27 Å². The van der Waals surface area contributed by atoms with E-state index in [1.165, 1.54) is 19.1 Å². The molecule has 7 nitrogen and oxygen atoms in total. The molecule has 0 spiro atoms. The van der Waals surface area contributed by atoms with Crippen molar-refractivity contribution in [3.8, 4) is 0 Å². The SMILES string of the molecule is Cc1nn(Cc2cc(NS(=O)[O-])c(Cl)cc2Cl)c(=O)n1C(F)F. The predicted molar refractivity (Wildman–Crippen MR) is 80.6 cm³/mol. The summed E-state index contributed by atoms with van der Waals surface area (Å²) in [5, 5.41) is 3.91. The predicted octanol–water partition coefficient (Wildman–Crippen LogP) is 2.31. The van der Waals surface area contributed by atoms with E-state index in [-0.39, 0.29) is 38.2 Å². The minimum absolute atomic E-state index is 0.0393. The zero-order valence-corrected chi connectivity index (χ0v) is 13.8. The Hall–Kier alpha value is -1.49. The minimum Gasteiger partial charge on any atom is -0.755 e. The van der Waals surface area contributed by atoms with Gasteiger partial charge in [0.25, 0.3) is 0 Å². The van der Waals surface area contributed by atoms with Crippen LogP contribution in [0.4, 0.5) is 14.5 Å². The molecular formula is C11H9Cl2F2N4O3S-. The molecule has 0 fully saturated rings. The summed E-state index contributed by atoms with van der Waals surface area (Å²) < 4.78 is 50.0. The lowest BCUT2D eigenvalue weighted by molar-refractivity contribution is 0.0637. The molecule has 2 aromatic rings. The van der Waals surface area contributed by atoms with Crippen molar-refractivity contribution in [1.29, 1.82) is 0 Å². The smallest absolute Gasteiger partial charge is 0.350 e. The van der Waals surface area contributed by atoms with Crippen LogP contribution in [0.5, 0.6) is 0 Å². The fraction of sp³-hybridized carbons (Fsp3) is 0.273. The van der Waals surface area contributed by atoms with E-state index in [1.807, 2.05) is 0 Å². The van der Waals surface area contributed by atoms with E-state index in [2.05, 4.69) is 9.82 Å². The molecule has 0 saturated heterocycles. The molecule has 1 N–H and O–H groups in total. The maximum atomic E-state index is 12.8. The van der Waals surface area contributed by atoms with Crippen LogP contribution in [0.15, 0.2) is 16.9 Å². The van der Waals surface area contributed by atoms with Gasteiger partial charge in [0.05, 0.1) is 17.3 Å². The Kier molecular flexibility index (Phi) is 5.40. The molecule has 1 heterocycles. The summed E-state index contributed by atoms with van der Waals surface area (Å²) in [4.78, 5) is 11.9. The molecule has 1 unspecified atom stereocenters. The Morgan fingerprint density at radius 2 is 2.04 bits per heavy atom. The Bertz CT molecular complexity index is 824. The lowest BCUT2D eigenvalue weighted by Crippen LogP contribution is -2.26. The molecule has 0 aliphatic heterocycles. The summed E-state index contributed by atoms with van der Waals surface area (Å²) in [6, 6.07) is 2.57. The van der Waals surface area contributed by atoms with E-state index >= 15 is 0 Å². The van der Waals surface area contributed by atoms with Crippen molar-refractivity contribution in [2.75, 3.05) is 4.72 Å². The molecule has 126 valence electrons. The lowest BCUT2D eigenvalue weighted by Gasteiger charge is -2.13. The molecule has 0 aliphatic carbocycles. The topological polar surface area (TPSA) is 92.0 Å². The summed E-state index contributed by atoms with van der Waals surface area (Å²) in [7, 11) is 0. The van der Waals surface area contributed by atoms with Gasteiger partial charge in [-0.2, -0.15) is 13.9 Å². The van der Waals surface area contributed by atoms with Crippen LogP contribution in [0.1, 0.15) is 17.9 Å². The van der Waals surface area contributed by atoms with Crippen molar-refractivity contribution in [1.82, 2.24) is 14.3 Å². The van der Waals surface area contributed by atoms with E-state index in [4.69, 9.17) is 23.2 Å². The summed E-state index contributed by atoms with van der Waals surface area (Å²) in [5.74, 6) is -0.158. The highest BCUT2D eigenvalue weighted by molar-refractivity contribution is 7.80. The number of nitrogens with one attached hydrogen (secondary N) is 1. The summed E-state index contributed by atoms with van der Waals surface area (Å²) in [6.07, 6.45) is 0. The van der Waals surface area contributed by atoms with Gasteiger partial charge in [-0.15, -0.1) is 0 Å². The highest BCUT2D eigenvalue weighted by Gasteiger charge is 2.18. The van der Waals surface area contributed by atoms with Crippen LogP contribution in [0.3, 0.4) is 0 Å². The molecule has 1 atom stereocenters. The van der Waals surface area contributed by atoms with E-state index in [0.29, 0.717) is 0 Å². The Morgan fingerprint density at radius 3 is 2.57 bits per heavy atom. The first kappa shape index (κ1) is 17.9. The van der Waals surface area contributed by atoms with Crippen LogP contribution >= 0.6 is 23.2 Å². The molecule has 0 radical (unpaired) electrons. The van der Waals surface area contributed by atoms with Crippen molar-refractivity contribution >= 4 is 40.2 Å². The molecule has 0 amide bonds. The molecule has 0 aliphatic rings. The third-order valence-corrected chi connectivity index (χ3v) is 3.94. The van der Waals surface area contributed by atoms with Gasteiger partial charge in [-0.3, -0.25) is 4.21 Å². The van der Waals surface area contributed by atoms with Gasteiger partial charge in [0.15, 0.2) is 0 Å². The number of nitrogens with zero attached hydrogens (tertiary/aromatic N) is 3. The van der Waals surface area contributed by atoms with Crippen LogP contribution in [-0.4, -0.2) is 23.1 Å². The number of halogens is 4. The number of anilines is 1. The average Bonchev–Trinajstić information content (AvgIpc) is 2.69. The zero-order chi connectivity index (χ0) is 17.3. The molecule has 23 heavy (non-hydrogen) atoms. The molecule has 1 aromatic heterocycles. The highest BCUT2D eigenvalue weighted by atomic mass is 35.5.